The van der Waals surface area contributed by atoms with Crippen LogP contribution in [0, 0.1) is 3.57 Å². The van der Waals surface area contributed by atoms with E-state index in [1.54, 1.807) is 6.20 Å². The topological polar surface area (TPSA) is 71.7 Å². The highest BCUT2D eigenvalue weighted by atomic mass is 127. The number of pyridine rings is 1. The van der Waals surface area contributed by atoms with E-state index in [0.717, 1.165) is 70.2 Å². The summed E-state index contributed by atoms with van der Waals surface area (Å²) < 4.78 is 7.12. The Kier molecular flexibility index (Phi) is 8.32. The van der Waals surface area contributed by atoms with Gasteiger partial charge < -0.3 is 20.3 Å². The van der Waals surface area contributed by atoms with Crippen molar-refractivity contribution in [3.63, 3.8) is 0 Å². The van der Waals surface area contributed by atoms with Crippen molar-refractivity contribution in [1.82, 2.24) is 14.8 Å². The molecule has 2 saturated heterocycles. The third-order valence-electron chi connectivity index (χ3n) is 8.37. The second kappa shape index (κ2) is 12.1. The van der Waals surface area contributed by atoms with Crippen LogP contribution in [0.25, 0.3) is 17.2 Å². The molecule has 0 unspecified atom stereocenters. The zero-order valence-corrected chi connectivity index (χ0v) is 25.5. The molecule has 8 heteroatoms. The van der Waals surface area contributed by atoms with Crippen molar-refractivity contribution in [2.45, 2.75) is 51.2 Å². The Bertz CT molecular complexity index is 1430. The number of aryl methyl sites for hydroxylation is 1. The first kappa shape index (κ1) is 27.5. The van der Waals surface area contributed by atoms with E-state index < -0.39 is 0 Å². The Morgan fingerprint density at radius 3 is 2.75 bits per heavy atom. The number of likely N-dealkylation sites (tertiary alicyclic amines) is 2. The maximum atomic E-state index is 13.7. The number of benzene rings is 2. The summed E-state index contributed by atoms with van der Waals surface area (Å²) in [5, 5.41) is 0.665. The zero-order valence-electron chi connectivity index (χ0n) is 22.5. The first-order valence-corrected chi connectivity index (χ1v) is 15.6. The lowest BCUT2D eigenvalue weighted by Gasteiger charge is -2.30. The van der Waals surface area contributed by atoms with Crippen LogP contribution in [-0.4, -0.2) is 52.9 Å². The zero-order chi connectivity index (χ0) is 27.6. The minimum absolute atomic E-state index is 0.219. The Labute approximate surface area is 254 Å². The molecule has 3 heterocycles. The van der Waals surface area contributed by atoms with E-state index in [2.05, 4.69) is 61.6 Å². The number of carbonyl (C=O) groups excluding carboxylic acids is 1. The smallest absolute Gasteiger partial charge is 0.250 e. The number of carbonyl (C=O) groups is 1. The quantitative estimate of drug-likeness (QED) is 0.288. The molecular weight excluding hydrogens is 635 g/mol. The number of nitrogen functional groups attached to an aromatic ring is 1. The van der Waals surface area contributed by atoms with Gasteiger partial charge >= 0.3 is 0 Å². The van der Waals surface area contributed by atoms with Gasteiger partial charge in [0.15, 0.2) is 11.6 Å². The van der Waals surface area contributed by atoms with Gasteiger partial charge in [-0.3, -0.25) is 4.79 Å². The molecule has 2 fully saturated rings. The van der Waals surface area contributed by atoms with E-state index in [9.17, 15) is 4.79 Å². The van der Waals surface area contributed by atoms with Crippen LogP contribution < -0.4 is 10.5 Å². The summed E-state index contributed by atoms with van der Waals surface area (Å²) in [5.41, 5.74) is 12.3. The maximum Gasteiger partial charge on any atom is 0.250 e. The predicted octanol–water partition coefficient (Wildman–Crippen LogP) is 6.58. The van der Waals surface area contributed by atoms with Gasteiger partial charge in [0, 0.05) is 50.6 Å². The third kappa shape index (κ3) is 5.87. The summed E-state index contributed by atoms with van der Waals surface area (Å²) in [5.74, 6) is 1.08. The van der Waals surface area contributed by atoms with Crippen LogP contribution in [0.4, 0.5) is 5.82 Å². The van der Waals surface area contributed by atoms with Gasteiger partial charge in [-0.2, -0.15) is 0 Å². The molecule has 1 amide bonds. The number of nitrogens with two attached hydrogens (primary N) is 1. The second-order valence-electron chi connectivity index (χ2n) is 11.0. The Morgan fingerprint density at radius 1 is 1.07 bits per heavy atom. The number of aromatic nitrogens is 1. The van der Waals surface area contributed by atoms with Crippen LogP contribution in [0.1, 0.15) is 48.8 Å². The summed E-state index contributed by atoms with van der Waals surface area (Å²) in [4.78, 5) is 22.7. The molecule has 40 heavy (non-hydrogen) atoms. The monoisotopic (exact) mass is 668 g/mol. The summed E-state index contributed by atoms with van der Waals surface area (Å²) in [7, 11) is 0. The highest BCUT2D eigenvalue weighted by Gasteiger charge is 2.32. The molecule has 1 aliphatic carbocycles. The van der Waals surface area contributed by atoms with E-state index >= 15 is 0 Å². The van der Waals surface area contributed by atoms with Gasteiger partial charge in [-0.1, -0.05) is 29.8 Å². The number of amides is 1. The molecule has 3 aromatic rings. The summed E-state index contributed by atoms with van der Waals surface area (Å²) >= 11 is 8.64. The molecular formula is C32H34ClIN4O2. The van der Waals surface area contributed by atoms with Crippen molar-refractivity contribution in [1.29, 1.82) is 0 Å². The average molecular weight is 669 g/mol. The molecule has 208 valence electrons. The molecule has 2 N–H and O–H groups in total. The van der Waals surface area contributed by atoms with Crippen LogP contribution in [0.3, 0.4) is 0 Å². The number of fused-ring (bicyclic) bond motifs is 1. The van der Waals surface area contributed by atoms with Crippen molar-refractivity contribution in [2.24, 2.45) is 0 Å². The fourth-order valence-electron chi connectivity index (χ4n) is 6.12. The largest absolute Gasteiger partial charge is 0.485 e. The lowest BCUT2D eigenvalue weighted by atomic mass is 9.89. The molecule has 0 radical (unpaired) electrons. The highest BCUT2D eigenvalue weighted by Crippen LogP contribution is 2.34. The van der Waals surface area contributed by atoms with Crippen molar-refractivity contribution < 1.29 is 9.53 Å². The highest BCUT2D eigenvalue weighted by molar-refractivity contribution is 14.1. The normalized spacial score (nSPS) is 19.0. The fraction of sp³-hybridized carbons (Fsp3) is 0.375. The molecule has 1 aromatic heterocycles. The van der Waals surface area contributed by atoms with E-state index in [-0.39, 0.29) is 5.91 Å². The molecule has 2 aromatic carbocycles. The minimum atomic E-state index is 0.219. The fourth-order valence-corrected chi connectivity index (χ4v) is 7.17. The Balaban J connectivity index is 1.20. The van der Waals surface area contributed by atoms with Gasteiger partial charge in [-0.15, -0.1) is 0 Å². The molecule has 0 bridgehead atoms. The molecule has 2 aliphatic heterocycles. The number of hydrogen-bond acceptors (Lipinski definition) is 5. The molecule has 3 aliphatic rings. The number of anilines is 1. The second-order valence-corrected chi connectivity index (χ2v) is 12.6. The number of hydrogen-bond donors (Lipinski definition) is 1. The van der Waals surface area contributed by atoms with Crippen molar-refractivity contribution in [3.05, 3.63) is 79.5 Å². The molecule has 1 atom stereocenters. The van der Waals surface area contributed by atoms with Crippen LogP contribution in [0.5, 0.6) is 5.75 Å². The minimum Gasteiger partial charge on any atom is -0.485 e. The number of halogens is 2. The standard InChI is InChI=1S/C32H34ClIN4O2/c33-28-6-3-7-29(34)27(28)20-40-30-17-25(18-36-31(30)35)22-10-8-21-9-11-23(16-24(21)15-22)32(39)38-14-4-5-26(38)19-37-12-1-2-13-37/h3,6-8,10,15-18,26H,1-2,4-5,9,11-14,19-20H2,(H2,35,36)/t26-/m1/s1. The van der Waals surface area contributed by atoms with Gasteiger partial charge in [0.25, 0.3) is 0 Å². The van der Waals surface area contributed by atoms with Crippen LogP contribution >= 0.6 is 34.2 Å². The van der Waals surface area contributed by atoms with Gasteiger partial charge in [-0.25, -0.2) is 4.98 Å². The number of rotatable bonds is 7. The molecule has 6 nitrogen and oxygen atoms in total. The van der Waals surface area contributed by atoms with Crippen molar-refractivity contribution >= 4 is 52.0 Å². The molecule has 0 spiro atoms. The summed E-state index contributed by atoms with van der Waals surface area (Å²) in [6.07, 6.45) is 10.3. The number of nitrogens with zero attached hydrogens (tertiary/aromatic N) is 3. The Hall–Kier alpha value is -2.62. The summed E-state index contributed by atoms with van der Waals surface area (Å²) in [6, 6.07) is 14.5. The number of ether oxygens (including phenoxy) is 1. The van der Waals surface area contributed by atoms with Crippen molar-refractivity contribution in [3.8, 4) is 16.9 Å². The van der Waals surface area contributed by atoms with Gasteiger partial charge in [0.05, 0.1) is 0 Å². The van der Waals surface area contributed by atoms with E-state index in [4.69, 9.17) is 22.1 Å². The molecule has 0 saturated carbocycles. The lowest BCUT2D eigenvalue weighted by molar-refractivity contribution is -0.128. The van der Waals surface area contributed by atoms with E-state index in [1.807, 2.05) is 24.3 Å². The van der Waals surface area contributed by atoms with Crippen LogP contribution in [-0.2, 0) is 17.8 Å². The first-order valence-electron chi connectivity index (χ1n) is 14.1. The van der Waals surface area contributed by atoms with Crippen molar-refractivity contribution in [2.75, 3.05) is 31.9 Å². The van der Waals surface area contributed by atoms with Gasteiger partial charge in [0.1, 0.15) is 6.61 Å². The lowest BCUT2D eigenvalue weighted by Crippen LogP contribution is -2.43. The van der Waals surface area contributed by atoms with Gasteiger partial charge in [-0.05, 0) is 121 Å². The molecule has 6 rings (SSSR count). The maximum absolute atomic E-state index is 13.7. The predicted molar refractivity (Wildman–Crippen MR) is 169 cm³/mol. The van der Waals surface area contributed by atoms with E-state index in [1.165, 1.54) is 31.5 Å². The van der Waals surface area contributed by atoms with Gasteiger partial charge in [0.2, 0.25) is 5.91 Å². The van der Waals surface area contributed by atoms with Crippen LogP contribution in [0.15, 0.2) is 54.2 Å². The third-order valence-corrected chi connectivity index (χ3v) is 9.73. The van der Waals surface area contributed by atoms with E-state index in [0.29, 0.717) is 29.2 Å². The average Bonchev–Trinajstić information content (AvgIpc) is 3.65. The first-order chi connectivity index (χ1) is 19.5. The summed E-state index contributed by atoms with van der Waals surface area (Å²) in [6.45, 7) is 4.53. The SMILES string of the molecule is Nc1ncc(-c2ccc3c(c2)C=C(C(=O)N2CCC[C@@H]2CN2CCCC2)CC3)cc1OCc1c(Cl)cccc1I. The van der Waals surface area contributed by atoms with Crippen LogP contribution in [0.2, 0.25) is 5.02 Å². The Morgan fingerprint density at radius 2 is 1.93 bits per heavy atom.